The van der Waals surface area contributed by atoms with Crippen molar-refractivity contribution in [3.8, 4) is 0 Å². The predicted octanol–water partition coefficient (Wildman–Crippen LogP) is 5.14. The fourth-order valence-corrected chi connectivity index (χ4v) is 2.46. The fourth-order valence-electron chi connectivity index (χ4n) is 1.80. The lowest BCUT2D eigenvalue weighted by atomic mass is 9.98. The molecule has 1 heterocycles. The number of nitrogens with zero attached hydrogens (tertiary/aromatic N) is 1. The molecule has 0 aliphatic heterocycles. The Bertz CT molecular complexity index is 659. The number of pyridine rings is 1. The topological polar surface area (TPSA) is 33.1 Å². The molecule has 1 atom stereocenters. The maximum absolute atomic E-state index is 13.1. The molecule has 0 saturated heterocycles. The summed E-state index contributed by atoms with van der Waals surface area (Å²) in [5.74, 6) is 0. The second-order valence-electron chi connectivity index (χ2n) is 4.15. The largest absolute Gasteiger partial charge is 0.417 e. The van der Waals surface area contributed by atoms with Crippen LogP contribution < -0.4 is 0 Å². The SMILES string of the molecule is O[C@H](c1ccc(Cl)cc1)c1c(C(F)(F)F)cc(Cl)nc1Cl. The zero-order valence-corrected chi connectivity index (χ0v) is 12.4. The first-order chi connectivity index (χ1) is 9.70. The number of aliphatic hydroxyl groups excluding tert-OH is 1. The molecule has 1 aromatic carbocycles. The molecule has 0 unspecified atom stereocenters. The molecule has 1 N–H and O–H groups in total. The molecule has 0 amide bonds. The summed E-state index contributed by atoms with van der Waals surface area (Å²) in [6.45, 7) is 0. The lowest BCUT2D eigenvalue weighted by Crippen LogP contribution is -2.14. The van der Waals surface area contributed by atoms with Crippen molar-refractivity contribution in [3.05, 3.63) is 62.4 Å². The van der Waals surface area contributed by atoms with Gasteiger partial charge in [-0.1, -0.05) is 46.9 Å². The van der Waals surface area contributed by atoms with Gasteiger partial charge in [0.25, 0.3) is 0 Å². The van der Waals surface area contributed by atoms with Gasteiger partial charge in [0.05, 0.1) is 5.56 Å². The van der Waals surface area contributed by atoms with E-state index in [4.69, 9.17) is 34.8 Å². The van der Waals surface area contributed by atoms with Crippen LogP contribution >= 0.6 is 34.8 Å². The molecule has 21 heavy (non-hydrogen) atoms. The van der Waals surface area contributed by atoms with Crippen molar-refractivity contribution in [2.75, 3.05) is 0 Å². The predicted molar refractivity (Wildman–Crippen MR) is 74.8 cm³/mol. The van der Waals surface area contributed by atoms with Crippen molar-refractivity contribution in [2.45, 2.75) is 12.3 Å². The van der Waals surface area contributed by atoms with Crippen LogP contribution in [0.2, 0.25) is 15.3 Å². The first-order valence-electron chi connectivity index (χ1n) is 5.57. The molecule has 0 spiro atoms. The van der Waals surface area contributed by atoms with Gasteiger partial charge in [-0.05, 0) is 23.8 Å². The van der Waals surface area contributed by atoms with Gasteiger partial charge in [0.2, 0.25) is 0 Å². The highest BCUT2D eigenvalue weighted by molar-refractivity contribution is 6.33. The number of halogens is 6. The summed E-state index contributed by atoms with van der Waals surface area (Å²) in [7, 11) is 0. The molecule has 1 aromatic heterocycles. The van der Waals surface area contributed by atoms with E-state index < -0.39 is 33.7 Å². The summed E-state index contributed by atoms with van der Waals surface area (Å²) in [6.07, 6.45) is -6.32. The lowest BCUT2D eigenvalue weighted by molar-refractivity contribution is -0.139. The van der Waals surface area contributed by atoms with Gasteiger partial charge < -0.3 is 5.11 Å². The van der Waals surface area contributed by atoms with Gasteiger partial charge in [0.1, 0.15) is 16.4 Å². The number of hydrogen-bond acceptors (Lipinski definition) is 2. The van der Waals surface area contributed by atoms with Crippen LogP contribution in [0.25, 0.3) is 0 Å². The molecule has 2 aromatic rings. The minimum atomic E-state index is -4.72. The van der Waals surface area contributed by atoms with Gasteiger partial charge in [0, 0.05) is 10.6 Å². The Labute approximate surface area is 133 Å². The molecule has 8 heteroatoms. The molecule has 2 nitrogen and oxygen atoms in total. The highest BCUT2D eigenvalue weighted by atomic mass is 35.5. The van der Waals surface area contributed by atoms with Crippen LogP contribution in [0.5, 0.6) is 0 Å². The number of alkyl halides is 3. The number of aromatic nitrogens is 1. The van der Waals surface area contributed by atoms with E-state index in [0.29, 0.717) is 11.1 Å². The highest BCUT2D eigenvalue weighted by Crippen LogP contribution is 2.40. The van der Waals surface area contributed by atoms with Crippen LogP contribution in [0.1, 0.15) is 22.8 Å². The summed E-state index contributed by atoms with van der Waals surface area (Å²) >= 11 is 16.9. The Balaban J connectivity index is 2.59. The van der Waals surface area contributed by atoms with Gasteiger partial charge in [-0.2, -0.15) is 13.2 Å². The second-order valence-corrected chi connectivity index (χ2v) is 5.33. The monoisotopic (exact) mass is 355 g/mol. The summed E-state index contributed by atoms with van der Waals surface area (Å²) < 4.78 is 39.2. The molecular formula is C13H7Cl3F3NO. The van der Waals surface area contributed by atoms with E-state index >= 15 is 0 Å². The average Bonchev–Trinajstić information content (AvgIpc) is 2.37. The minimum absolute atomic E-state index is 0.205. The van der Waals surface area contributed by atoms with Crippen LogP contribution in [0, 0.1) is 0 Å². The van der Waals surface area contributed by atoms with Crippen LogP contribution in [0.15, 0.2) is 30.3 Å². The van der Waals surface area contributed by atoms with Crippen molar-refractivity contribution >= 4 is 34.8 Å². The van der Waals surface area contributed by atoms with Crippen molar-refractivity contribution in [1.82, 2.24) is 4.98 Å². The molecule has 0 radical (unpaired) electrons. The number of benzene rings is 1. The Morgan fingerprint density at radius 3 is 2.14 bits per heavy atom. The van der Waals surface area contributed by atoms with Gasteiger partial charge in [-0.25, -0.2) is 4.98 Å². The molecule has 0 aliphatic carbocycles. The molecule has 0 bridgehead atoms. The molecule has 112 valence electrons. The van der Waals surface area contributed by atoms with E-state index in [2.05, 4.69) is 4.98 Å². The van der Waals surface area contributed by atoms with Gasteiger partial charge in [-0.15, -0.1) is 0 Å². The molecular weight excluding hydrogens is 350 g/mol. The smallest absolute Gasteiger partial charge is 0.384 e. The van der Waals surface area contributed by atoms with E-state index in [0.717, 1.165) is 0 Å². The number of aliphatic hydroxyl groups is 1. The van der Waals surface area contributed by atoms with E-state index in [-0.39, 0.29) is 5.56 Å². The third kappa shape index (κ3) is 3.61. The molecule has 0 saturated carbocycles. The lowest BCUT2D eigenvalue weighted by Gasteiger charge is -2.19. The van der Waals surface area contributed by atoms with Crippen LogP contribution in [0.3, 0.4) is 0 Å². The number of hydrogen-bond donors (Lipinski definition) is 1. The van der Waals surface area contributed by atoms with Gasteiger partial charge in [-0.3, -0.25) is 0 Å². The quantitative estimate of drug-likeness (QED) is 0.756. The van der Waals surface area contributed by atoms with Crippen LogP contribution in [-0.4, -0.2) is 10.1 Å². The summed E-state index contributed by atoms with van der Waals surface area (Å²) in [5.41, 5.74) is -1.47. The van der Waals surface area contributed by atoms with Crippen molar-refractivity contribution in [3.63, 3.8) is 0 Å². The maximum atomic E-state index is 13.1. The van der Waals surface area contributed by atoms with Crippen LogP contribution in [-0.2, 0) is 6.18 Å². The number of rotatable bonds is 2. The van der Waals surface area contributed by atoms with Crippen molar-refractivity contribution in [2.24, 2.45) is 0 Å². The van der Waals surface area contributed by atoms with E-state index in [1.807, 2.05) is 0 Å². The fraction of sp³-hybridized carbons (Fsp3) is 0.154. The Morgan fingerprint density at radius 1 is 1.05 bits per heavy atom. The average molecular weight is 357 g/mol. The maximum Gasteiger partial charge on any atom is 0.417 e. The zero-order valence-electron chi connectivity index (χ0n) is 10.1. The van der Waals surface area contributed by atoms with Crippen LogP contribution in [0.4, 0.5) is 13.2 Å². The Hall–Kier alpha value is -1.01. The minimum Gasteiger partial charge on any atom is -0.384 e. The van der Waals surface area contributed by atoms with E-state index in [1.165, 1.54) is 24.3 Å². The zero-order chi connectivity index (χ0) is 15.8. The standard InChI is InChI=1S/C13H7Cl3F3NO/c14-7-3-1-6(2-4-7)11(21)10-8(13(17,18)19)5-9(15)20-12(10)16/h1-5,11,21H/t11-/m1/s1. The summed E-state index contributed by atoms with van der Waals surface area (Å²) in [5, 5.41) is 9.67. The molecule has 0 fully saturated rings. The van der Waals surface area contributed by atoms with E-state index in [1.54, 1.807) is 0 Å². The highest BCUT2D eigenvalue weighted by Gasteiger charge is 2.37. The van der Waals surface area contributed by atoms with Gasteiger partial charge in [0.15, 0.2) is 0 Å². The normalized spacial score (nSPS) is 13.3. The third-order valence-electron chi connectivity index (χ3n) is 2.75. The summed E-state index contributed by atoms with van der Waals surface area (Å²) in [4.78, 5) is 3.56. The van der Waals surface area contributed by atoms with Crippen molar-refractivity contribution < 1.29 is 18.3 Å². The third-order valence-corrected chi connectivity index (χ3v) is 3.48. The summed E-state index contributed by atoms with van der Waals surface area (Å²) in [6, 6.07) is 6.33. The Kier molecular flexibility index (Phi) is 4.68. The first kappa shape index (κ1) is 16.4. The molecule has 0 aliphatic rings. The van der Waals surface area contributed by atoms with E-state index in [9.17, 15) is 18.3 Å². The van der Waals surface area contributed by atoms with Crippen molar-refractivity contribution in [1.29, 1.82) is 0 Å². The van der Waals surface area contributed by atoms with Gasteiger partial charge >= 0.3 is 6.18 Å². The first-order valence-corrected chi connectivity index (χ1v) is 6.70. The Morgan fingerprint density at radius 2 is 1.62 bits per heavy atom. The molecule has 2 rings (SSSR count). The second kappa shape index (κ2) is 6.01.